The van der Waals surface area contributed by atoms with Crippen LogP contribution in [0.2, 0.25) is 5.02 Å². The molecule has 1 heterocycles. The van der Waals surface area contributed by atoms with Crippen LogP contribution in [-0.4, -0.2) is 36.1 Å². The van der Waals surface area contributed by atoms with Crippen LogP contribution < -0.4 is 11.1 Å². The first-order chi connectivity index (χ1) is 8.17. The number of nitrogens with zero attached hydrogens (tertiary/aromatic N) is 2. The fraction of sp³-hybridized carbons (Fsp3) is 0.583. The van der Waals surface area contributed by atoms with E-state index in [1.54, 1.807) is 12.3 Å². The van der Waals surface area contributed by atoms with E-state index in [4.69, 9.17) is 17.3 Å². The molecule has 1 aromatic rings. The number of nitrogen functional groups attached to an aromatic ring is 1. The van der Waals surface area contributed by atoms with Crippen LogP contribution in [0.15, 0.2) is 12.3 Å². The number of rotatable bonds is 7. The van der Waals surface area contributed by atoms with E-state index in [0.29, 0.717) is 16.5 Å². The van der Waals surface area contributed by atoms with E-state index in [1.807, 2.05) is 0 Å². The van der Waals surface area contributed by atoms with Crippen molar-refractivity contribution in [2.75, 3.05) is 37.2 Å². The van der Waals surface area contributed by atoms with Crippen LogP contribution in [0.1, 0.15) is 20.3 Å². The number of anilines is 2. The van der Waals surface area contributed by atoms with Crippen molar-refractivity contribution in [3.63, 3.8) is 0 Å². The molecule has 0 radical (unpaired) electrons. The fourth-order valence-corrected chi connectivity index (χ4v) is 1.85. The molecular weight excluding hydrogens is 236 g/mol. The first kappa shape index (κ1) is 14.1. The second-order valence-electron chi connectivity index (χ2n) is 3.95. The van der Waals surface area contributed by atoms with Gasteiger partial charge in [0.1, 0.15) is 5.82 Å². The molecule has 1 rings (SSSR count). The maximum atomic E-state index is 5.81. The molecule has 0 unspecified atom stereocenters. The zero-order chi connectivity index (χ0) is 12.7. The Bertz CT molecular complexity index is 343. The van der Waals surface area contributed by atoms with Crippen LogP contribution in [0, 0.1) is 0 Å². The summed E-state index contributed by atoms with van der Waals surface area (Å²) in [5.41, 5.74) is 6.40. The summed E-state index contributed by atoms with van der Waals surface area (Å²) in [6.07, 6.45) is 2.78. The van der Waals surface area contributed by atoms with Gasteiger partial charge in [-0.25, -0.2) is 4.98 Å². The normalized spacial score (nSPS) is 10.8. The monoisotopic (exact) mass is 256 g/mol. The van der Waals surface area contributed by atoms with Crippen molar-refractivity contribution in [3.8, 4) is 0 Å². The first-order valence-corrected chi connectivity index (χ1v) is 6.42. The Labute approximate surface area is 108 Å². The molecule has 3 N–H and O–H groups in total. The van der Waals surface area contributed by atoms with Gasteiger partial charge in [0, 0.05) is 19.3 Å². The Kier molecular flexibility index (Phi) is 6.08. The lowest BCUT2D eigenvalue weighted by atomic mass is 10.3. The van der Waals surface area contributed by atoms with E-state index >= 15 is 0 Å². The Morgan fingerprint density at radius 3 is 2.76 bits per heavy atom. The number of hydrogen-bond donors (Lipinski definition) is 2. The number of nitrogens with two attached hydrogens (primary N) is 1. The van der Waals surface area contributed by atoms with Gasteiger partial charge in [0.25, 0.3) is 0 Å². The molecule has 96 valence electrons. The molecule has 0 fully saturated rings. The Hall–Kier alpha value is -1.00. The highest BCUT2D eigenvalue weighted by molar-refractivity contribution is 6.30. The van der Waals surface area contributed by atoms with E-state index in [1.165, 1.54) is 6.42 Å². The molecule has 0 saturated carbocycles. The minimum Gasteiger partial charge on any atom is -0.396 e. The maximum absolute atomic E-state index is 5.81. The Balaban J connectivity index is 2.39. The molecule has 17 heavy (non-hydrogen) atoms. The summed E-state index contributed by atoms with van der Waals surface area (Å²) in [5.74, 6) is 0.710. The van der Waals surface area contributed by atoms with Gasteiger partial charge in [0.15, 0.2) is 0 Å². The van der Waals surface area contributed by atoms with Crippen molar-refractivity contribution in [3.05, 3.63) is 17.3 Å². The van der Waals surface area contributed by atoms with Gasteiger partial charge in [0.2, 0.25) is 0 Å². The molecule has 5 heteroatoms. The van der Waals surface area contributed by atoms with Gasteiger partial charge in [-0.1, -0.05) is 25.4 Å². The number of hydrogen-bond acceptors (Lipinski definition) is 4. The summed E-state index contributed by atoms with van der Waals surface area (Å²) >= 11 is 5.79. The molecule has 0 aromatic carbocycles. The fourth-order valence-electron chi connectivity index (χ4n) is 1.68. The summed E-state index contributed by atoms with van der Waals surface area (Å²) in [4.78, 5) is 6.55. The van der Waals surface area contributed by atoms with Gasteiger partial charge < -0.3 is 16.0 Å². The molecule has 4 nitrogen and oxygen atoms in total. The Morgan fingerprint density at radius 2 is 2.18 bits per heavy atom. The number of pyridine rings is 1. The molecule has 0 aliphatic rings. The minimum atomic E-state index is 0.564. The largest absolute Gasteiger partial charge is 0.396 e. The van der Waals surface area contributed by atoms with Gasteiger partial charge in [-0.15, -0.1) is 0 Å². The zero-order valence-electron chi connectivity index (χ0n) is 10.5. The average molecular weight is 257 g/mol. The van der Waals surface area contributed by atoms with Crippen LogP contribution in [-0.2, 0) is 0 Å². The molecule has 0 atom stereocenters. The zero-order valence-corrected chi connectivity index (χ0v) is 11.3. The van der Waals surface area contributed by atoms with Crippen molar-refractivity contribution in [2.24, 2.45) is 0 Å². The highest BCUT2D eigenvalue weighted by Crippen LogP contribution is 2.18. The first-order valence-electron chi connectivity index (χ1n) is 6.04. The van der Waals surface area contributed by atoms with Crippen LogP contribution in [0.5, 0.6) is 0 Å². The lowest BCUT2D eigenvalue weighted by Gasteiger charge is -2.19. The summed E-state index contributed by atoms with van der Waals surface area (Å²) in [6, 6.07) is 1.71. The van der Waals surface area contributed by atoms with E-state index in [9.17, 15) is 0 Å². The van der Waals surface area contributed by atoms with Crippen LogP contribution in [0.4, 0.5) is 11.5 Å². The highest BCUT2D eigenvalue weighted by atomic mass is 35.5. The van der Waals surface area contributed by atoms with E-state index in [0.717, 1.165) is 26.2 Å². The third-order valence-corrected chi connectivity index (χ3v) is 2.80. The van der Waals surface area contributed by atoms with Crippen molar-refractivity contribution in [2.45, 2.75) is 20.3 Å². The van der Waals surface area contributed by atoms with E-state index in [2.05, 4.69) is 29.0 Å². The highest BCUT2D eigenvalue weighted by Gasteiger charge is 2.03. The van der Waals surface area contributed by atoms with Crippen LogP contribution in [0.3, 0.4) is 0 Å². The number of nitrogens with one attached hydrogen (secondary N) is 1. The second-order valence-corrected chi connectivity index (χ2v) is 4.39. The van der Waals surface area contributed by atoms with Crippen LogP contribution >= 0.6 is 11.6 Å². The van der Waals surface area contributed by atoms with Gasteiger partial charge >= 0.3 is 0 Å². The maximum Gasteiger partial charge on any atom is 0.149 e. The average Bonchev–Trinajstić information content (AvgIpc) is 2.30. The lowest BCUT2D eigenvalue weighted by Crippen LogP contribution is -2.29. The summed E-state index contributed by atoms with van der Waals surface area (Å²) < 4.78 is 0. The number of aromatic nitrogens is 1. The summed E-state index contributed by atoms with van der Waals surface area (Å²) in [6.45, 7) is 8.39. The van der Waals surface area contributed by atoms with E-state index < -0.39 is 0 Å². The third-order valence-electron chi connectivity index (χ3n) is 2.59. The Morgan fingerprint density at radius 1 is 1.41 bits per heavy atom. The van der Waals surface area contributed by atoms with Gasteiger partial charge in [-0.05, 0) is 25.6 Å². The van der Waals surface area contributed by atoms with Gasteiger partial charge in [0.05, 0.1) is 10.7 Å². The second kappa shape index (κ2) is 7.35. The van der Waals surface area contributed by atoms with Crippen LogP contribution in [0.25, 0.3) is 0 Å². The topological polar surface area (TPSA) is 54.2 Å². The summed E-state index contributed by atoms with van der Waals surface area (Å²) in [5, 5.41) is 3.79. The molecule has 0 amide bonds. The predicted octanol–water partition coefficient (Wildman–Crippen LogP) is 2.46. The van der Waals surface area contributed by atoms with Gasteiger partial charge in [-0.3, -0.25) is 0 Å². The van der Waals surface area contributed by atoms with Crippen molar-refractivity contribution in [1.29, 1.82) is 0 Å². The SMILES string of the molecule is CCCN(CC)CCNc1ncc(Cl)cc1N. The quantitative estimate of drug-likeness (QED) is 0.787. The van der Waals surface area contributed by atoms with Crippen molar-refractivity contribution >= 4 is 23.1 Å². The standard InChI is InChI=1S/C12H21ClN4/c1-3-6-17(4-2)7-5-15-12-11(14)8-10(13)9-16-12/h8-9H,3-7,14H2,1-2H3,(H,15,16). The van der Waals surface area contributed by atoms with Gasteiger partial charge in [-0.2, -0.15) is 0 Å². The molecule has 0 spiro atoms. The van der Waals surface area contributed by atoms with Crippen molar-refractivity contribution in [1.82, 2.24) is 9.88 Å². The smallest absolute Gasteiger partial charge is 0.149 e. The van der Waals surface area contributed by atoms with E-state index in [-0.39, 0.29) is 0 Å². The minimum absolute atomic E-state index is 0.564. The molecule has 0 saturated heterocycles. The molecular formula is C12H21ClN4. The number of halogens is 1. The number of likely N-dealkylation sites (N-methyl/N-ethyl adjacent to an activating group) is 1. The molecule has 0 aliphatic heterocycles. The van der Waals surface area contributed by atoms with Crippen molar-refractivity contribution < 1.29 is 0 Å². The predicted molar refractivity (Wildman–Crippen MR) is 74.6 cm³/mol. The third kappa shape index (κ3) is 4.79. The lowest BCUT2D eigenvalue weighted by molar-refractivity contribution is 0.300. The molecule has 0 bridgehead atoms. The summed E-state index contributed by atoms with van der Waals surface area (Å²) in [7, 11) is 0. The molecule has 0 aliphatic carbocycles. The molecule has 1 aromatic heterocycles.